The molecule has 0 amide bonds. The molecule has 1 aromatic rings. The highest BCUT2D eigenvalue weighted by Gasteiger charge is 2.15. The molecule has 0 aliphatic carbocycles. The molecule has 0 aliphatic heterocycles. The van der Waals surface area contributed by atoms with Gasteiger partial charge in [0.1, 0.15) is 12.4 Å². The van der Waals surface area contributed by atoms with E-state index in [0.29, 0.717) is 18.2 Å². The molecule has 1 aromatic carbocycles. The number of ether oxygens (including phenoxy) is 1. The fourth-order valence-electron chi connectivity index (χ4n) is 1.64. The Kier molecular flexibility index (Phi) is 5.92. The largest absolute Gasteiger partial charge is 0.491 e. The normalized spacial score (nSPS) is 11.9. The molecule has 0 fully saturated rings. The van der Waals surface area contributed by atoms with Crippen molar-refractivity contribution in [1.29, 1.82) is 0 Å². The summed E-state index contributed by atoms with van der Waals surface area (Å²) in [5, 5.41) is 10.3. The van der Waals surface area contributed by atoms with Crippen molar-refractivity contribution >= 4 is 27.5 Å². The van der Waals surface area contributed by atoms with Gasteiger partial charge in [0.15, 0.2) is 0 Å². The maximum Gasteiger partial charge on any atom is 0.133 e. The van der Waals surface area contributed by atoms with Crippen LogP contribution < -0.4 is 4.74 Å². The van der Waals surface area contributed by atoms with E-state index in [0.717, 1.165) is 16.8 Å². The van der Waals surface area contributed by atoms with Gasteiger partial charge in [0.25, 0.3) is 0 Å². The van der Waals surface area contributed by atoms with Gasteiger partial charge < -0.3 is 14.7 Å². The Morgan fingerprint density at radius 2 is 2.11 bits per heavy atom. The van der Waals surface area contributed by atoms with Gasteiger partial charge in [0, 0.05) is 18.1 Å². The Morgan fingerprint density at radius 3 is 2.67 bits per heavy atom. The Balaban J connectivity index is 2.37. The molecular weight excluding hydrogens is 318 g/mol. The summed E-state index contributed by atoms with van der Waals surface area (Å²) in [6.07, 6.45) is 0. The first kappa shape index (κ1) is 15.8. The lowest BCUT2D eigenvalue weighted by Crippen LogP contribution is -2.38. The Labute approximate surface area is 122 Å². The standard InChI is InChI=1S/C13H19BrClNO2/c1-13(2,17)9-16(3)6-7-18-12-5-4-10(15)8-11(12)14/h4-5,8,17H,6-7,9H2,1-3H3. The van der Waals surface area contributed by atoms with E-state index in [1.54, 1.807) is 26.0 Å². The number of aliphatic hydroxyl groups is 1. The SMILES string of the molecule is CN(CCOc1ccc(Cl)cc1Br)CC(C)(C)O. The second kappa shape index (κ2) is 6.75. The molecule has 5 heteroatoms. The molecule has 0 bridgehead atoms. The molecular formula is C13H19BrClNO2. The summed E-state index contributed by atoms with van der Waals surface area (Å²) in [7, 11) is 1.96. The first-order chi connectivity index (χ1) is 8.28. The summed E-state index contributed by atoms with van der Waals surface area (Å²) < 4.78 is 6.50. The van der Waals surface area contributed by atoms with Crippen LogP contribution in [0.5, 0.6) is 5.75 Å². The fraction of sp³-hybridized carbons (Fsp3) is 0.538. The third-order valence-electron chi connectivity index (χ3n) is 2.28. The predicted molar refractivity (Wildman–Crippen MR) is 78.4 cm³/mol. The van der Waals surface area contributed by atoms with Gasteiger partial charge in [0.2, 0.25) is 0 Å². The van der Waals surface area contributed by atoms with Crippen molar-refractivity contribution in [3.8, 4) is 5.75 Å². The lowest BCUT2D eigenvalue weighted by Gasteiger charge is -2.25. The van der Waals surface area contributed by atoms with Crippen LogP contribution in [0.15, 0.2) is 22.7 Å². The zero-order valence-corrected chi connectivity index (χ0v) is 13.3. The average Bonchev–Trinajstić information content (AvgIpc) is 2.18. The van der Waals surface area contributed by atoms with Crippen molar-refractivity contribution in [3.63, 3.8) is 0 Å². The first-order valence-corrected chi connectivity index (χ1v) is 6.94. The molecule has 102 valence electrons. The minimum Gasteiger partial charge on any atom is -0.491 e. The maximum absolute atomic E-state index is 9.67. The van der Waals surface area contributed by atoms with Crippen LogP contribution in [0.2, 0.25) is 5.02 Å². The molecule has 0 unspecified atom stereocenters. The summed E-state index contributed by atoms with van der Waals surface area (Å²) in [6, 6.07) is 5.43. The average molecular weight is 337 g/mol. The maximum atomic E-state index is 9.67. The van der Waals surface area contributed by atoms with E-state index in [4.69, 9.17) is 16.3 Å². The summed E-state index contributed by atoms with van der Waals surface area (Å²) in [4.78, 5) is 2.03. The van der Waals surface area contributed by atoms with Crippen molar-refractivity contribution in [2.45, 2.75) is 19.4 Å². The quantitative estimate of drug-likeness (QED) is 0.866. The molecule has 3 nitrogen and oxygen atoms in total. The third kappa shape index (κ3) is 6.05. The number of benzene rings is 1. The Bertz CT molecular complexity index is 393. The summed E-state index contributed by atoms with van der Waals surface area (Å²) >= 11 is 9.25. The van der Waals surface area contributed by atoms with E-state index in [1.807, 2.05) is 18.0 Å². The second-order valence-corrected chi connectivity index (χ2v) is 6.26. The molecule has 0 aromatic heterocycles. The predicted octanol–water partition coefficient (Wildman–Crippen LogP) is 3.18. The van der Waals surface area contributed by atoms with Crippen LogP contribution in [0, 0.1) is 0 Å². The monoisotopic (exact) mass is 335 g/mol. The Hall–Kier alpha value is -0.290. The zero-order chi connectivity index (χ0) is 13.8. The minimum atomic E-state index is -0.685. The van der Waals surface area contributed by atoms with E-state index in [-0.39, 0.29) is 0 Å². The summed E-state index contributed by atoms with van der Waals surface area (Å²) in [5.74, 6) is 0.774. The third-order valence-corrected chi connectivity index (χ3v) is 3.14. The van der Waals surface area contributed by atoms with Gasteiger partial charge in [-0.2, -0.15) is 0 Å². The number of halogens is 2. The lowest BCUT2D eigenvalue weighted by molar-refractivity contribution is 0.0411. The van der Waals surface area contributed by atoms with Crippen LogP contribution in [0.1, 0.15) is 13.8 Å². The van der Waals surface area contributed by atoms with Gasteiger partial charge in [-0.25, -0.2) is 0 Å². The highest BCUT2D eigenvalue weighted by atomic mass is 79.9. The number of nitrogens with zero attached hydrogens (tertiary/aromatic N) is 1. The molecule has 1 rings (SSSR count). The van der Waals surface area contributed by atoms with E-state index in [9.17, 15) is 5.11 Å². The number of likely N-dealkylation sites (N-methyl/N-ethyl adjacent to an activating group) is 1. The van der Waals surface area contributed by atoms with Crippen LogP contribution in [-0.4, -0.2) is 42.4 Å². The Morgan fingerprint density at radius 1 is 1.44 bits per heavy atom. The molecule has 0 spiro atoms. The van der Waals surface area contributed by atoms with Crippen LogP contribution in [0.4, 0.5) is 0 Å². The van der Waals surface area contributed by atoms with Crippen LogP contribution in [-0.2, 0) is 0 Å². The van der Waals surface area contributed by atoms with Crippen molar-refractivity contribution in [2.75, 3.05) is 26.7 Å². The molecule has 0 aliphatic rings. The van der Waals surface area contributed by atoms with Crippen LogP contribution in [0.25, 0.3) is 0 Å². The number of hydrogen-bond acceptors (Lipinski definition) is 3. The number of rotatable bonds is 6. The number of hydrogen-bond donors (Lipinski definition) is 1. The topological polar surface area (TPSA) is 32.7 Å². The van der Waals surface area contributed by atoms with Gasteiger partial charge >= 0.3 is 0 Å². The molecule has 0 saturated heterocycles. The van der Waals surface area contributed by atoms with E-state index < -0.39 is 5.60 Å². The van der Waals surface area contributed by atoms with Crippen molar-refractivity contribution < 1.29 is 9.84 Å². The van der Waals surface area contributed by atoms with E-state index in [1.165, 1.54) is 0 Å². The van der Waals surface area contributed by atoms with Crippen LogP contribution >= 0.6 is 27.5 Å². The first-order valence-electron chi connectivity index (χ1n) is 5.77. The van der Waals surface area contributed by atoms with Crippen molar-refractivity contribution in [3.05, 3.63) is 27.7 Å². The summed E-state index contributed by atoms with van der Waals surface area (Å²) in [6.45, 7) is 5.50. The minimum absolute atomic E-state index is 0.562. The highest BCUT2D eigenvalue weighted by Crippen LogP contribution is 2.27. The van der Waals surface area contributed by atoms with Gasteiger partial charge in [0.05, 0.1) is 10.1 Å². The summed E-state index contributed by atoms with van der Waals surface area (Å²) in [5.41, 5.74) is -0.685. The van der Waals surface area contributed by atoms with E-state index >= 15 is 0 Å². The lowest BCUT2D eigenvalue weighted by atomic mass is 10.1. The molecule has 1 N–H and O–H groups in total. The van der Waals surface area contributed by atoms with Crippen molar-refractivity contribution in [2.24, 2.45) is 0 Å². The zero-order valence-electron chi connectivity index (χ0n) is 10.9. The molecule has 18 heavy (non-hydrogen) atoms. The molecule has 0 heterocycles. The van der Waals surface area contributed by atoms with Crippen molar-refractivity contribution in [1.82, 2.24) is 4.90 Å². The fourth-order valence-corrected chi connectivity index (χ4v) is 2.44. The van der Waals surface area contributed by atoms with Gasteiger partial charge in [-0.1, -0.05) is 11.6 Å². The smallest absolute Gasteiger partial charge is 0.133 e. The molecule has 0 radical (unpaired) electrons. The molecule has 0 atom stereocenters. The van der Waals surface area contributed by atoms with Crippen LogP contribution in [0.3, 0.4) is 0 Å². The van der Waals surface area contributed by atoms with Gasteiger partial charge in [-0.3, -0.25) is 0 Å². The van der Waals surface area contributed by atoms with Gasteiger partial charge in [-0.05, 0) is 55.0 Å². The van der Waals surface area contributed by atoms with Gasteiger partial charge in [-0.15, -0.1) is 0 Å². The van der Waals surface area contributed by atoms with E-state index in [2.05, 4.69) is 15.9 Å². The second-order valence-electron chi connectivity index (χ2n) is 4.97. The molecule has 0 saturated carbocycles. The highest BCUT2D eigenvalue weighted by molar-refractivity contribution is 9.10.